The lowest BCUT2D eigenvalue weighted by Gasteiger charge is -2.17. The van der Waals surface area contributed by atoms with E-state index in [1.807, 2.05) is 0 Å². The van der Waals surface area contributed by atoms with Gasteiger partial charge in [-0.2, -0.15) is 0 Å². The Balaban J connectivity index is 4.04. The smallest absolute Gasteiger partial charge is 0.309 e. The normalized spacial score (nSPS) is 11.9. The second-order valence-electron chi connectivity index (χ2n) is 4.15. The van der Waals surface area contributed by atoms with Crippen molar-refractivity contribution in [2.24, 2.45) is 5.73 Å². The van der Waals surface area contributed by atoms with Gasteiger partial charge < -0.3 is 16.4 Å². The Bertz CT molecular complexity index is 232. The van der Waals surface area contributed by atoms with E-state index >= 15 is 0 Å². The van der Waals surface area contributed by atoms with Crippen molar-refractivity contribution in [3.8, 4) is 0 Å². The van der Waals surface area contributed by atoms with Gasteiger partial charge in [-0.15, -0.1) is 0 Å². The van der Waals surface area contributed by atoms with Gasteiger partial charge in [-0.3, -0.25) is 9.59 Å². The van der Waals surface area contributed by atoms with Gasteiger partial charge in [-0.1, -0.05) is 33.1 Å². The van der Waals surface area contributed by atoms with E-state index in [9.17, 15) is 9.59 Å². The van der Waals surface area contributed by atoms with Crippen LogP contribution in [0.5, 0.6) is 0 Å². The van der Waals surface area contributed by atoms with E-state index in [2.05, 4.69) is 24.5 Å². The zero-order valence-corrected chi connectivity index (χ0v) is 10.9. The van der Waals surface area contributed by atoms with Gasteiger partial charge in [0.1, 0.15) is 0 Å². The highest BCUT2D eigenvalue weighted by Gasteiger charge is 2.16. The summed E-state index contributed by atoms with van der Waals surface area (Å²) < 4.78 is 0. The summed E-state index contributed by atoms with van der Waals surface area (Å²) in [4.78, 5) is 22.9. The third kappa shape index (κ3) is 7.74. The van der Waals surface area contributed by atoms with Crippen molar-refractivity contribution in [1.29, 1.82) is 0 Å². The van der Waals surface area contributed by atoms with Crippen molar-refractivity contribution >= 4 is 11.8 Å². The molecular formula is C12H25N3O2. The number of unbranched alkanes of at least 4 members (excludes halogenated alkanes) is 1. The molecule has 0 rings (SSSR count). The standard InChI is InChI=1S/C12H25N3O2/c1-3-5-7-10(6-4-2)15-12(17)11(16)14-9-8-13/h10H,3-9,13H2,1-2H3,(H,14,16)(H,15,17). The third-order valence-electron chi connectivity index (χ3n) is 2.51. The fraction of sp³-hybridized carbons (Fsp3) is 0.833. The van der Waals surface area contributed by atoms with E-state index in [0.717, 1.165) is 32.1 Å². The zero-order valence-electron chi connectivity index (χ0n) is 10.9. The van der Waals surface area contributed by atoms with E-state index in [0.29, 0.717) is 13.1 Å². The fourth-order valence-electron chi connectivity index (χ4n) is 1.60. The highest BCUT2D eigenvalue weighted by Crippen LogP contribution is 2.06. The summed E-state index contributed by atoms with van der Waals surface area (Å²) in [6.45, 7) is 4.85. The minimum Gasteiger partial charge on any atom is -0.347 e. The second-order valence-corrected chi connectivity index (χ2v) is 4.15. The molecule has 0 aliphatic rings. The first-order chi connectivity index (χ1) is 8.15. The maximum Gasteiger partial charge on any atom is 0.309 e. The number of carbonyl (C=O) groups excluding carboxylic acids is 2. The highest BCUT2D eigenvalue weighted by molar-refractivity contribution is 6.35. The Kier molecular flexibility index (Phi) is 9.43. The molecule has 4 N–H and O–H groups in total. The topological polar surface area (TPSA) is 84.2 Å². The molecule has 5 nitrogen and oxygen atoms in total. The van der Waals surface area contributed by atoms with Crippen molar-refractivity contribution in [3.05, 3.63) is 0 Å². The number of nitrogens with one attached hydrogen (secondary N) is 2. The average molecular weight is 243 g/mol. The average Bonchev–Trinajstić information content (AvgIpc) is 2.33. The van der Waals surface area contributed by atoms with Crippen LogP contribution < -0.4 is 16.4 Å². The summed E-state index contributed by atoms with van der Waals surface area (Å²) >= 11 is 0. The Morgan fingerprint density at radius 3 is 2.35 bits per heavy atom. The van der Waals surface area contributed by atoms with Crippen molar-refractivity contribution < 1.29 is 9.59 Å². The van der Waals surface area contributed by atoms with Crippen LogP contribution in [-0.4, -0.2) is 30.9 Å². The van der Waals surface area contributed by atoms with Crippen LogP contribution in [0.3, 0.4) is 0 Å². The van der Waals surface area contributed by atoms with Gasteiger partial charge in [0, 0.05) is 19.1 Å². The van der Waals surface area contributed by atoms with Crippen LogP contribution in [0.15, 0.2) is 0 Å². The van der Waals surface area contributed by atoms with Crippen LogP contribution in [0.1, 0.15) is 46.0 Å². The fourth-order valence-corrected chi connectivity index (χ4v) is 1.60. The predicted molar refractivity (Wildman–Crippen MR) is 68.4 cm³/mol. The lowest BCUT2D eigenvalue weighted by Crippen LogP contribution is -2.45. The summed E-state index contributed by atoms with van der Waals surface area (Å²) in [6, 6.07) is 0.107. The van der Waals surface area contributed by atoms with E-state index in [4.69, 9.17) is 5.73 Å². The first-order valence-electron chi connectivity index (χ1n) is 6.44. The van der Waals surface area contributed by atoms with Gasteiger partial charge in [0.2, 0.25) is 0 Å². The molecule has 0 aromatic rings. The van der Waals surface area contributed by atoms with Crippen LogP contribution in [0.4, 0.5) is 0 Å². The first-order valence-corrected chi connectivity index (χ1v) is 6.44. The number of nitrogens with two attached hydrogens (primary N) is 1. The molecule has 0 spiro atoms. The molecule has 0 aliphatic carbocycles. The number of hydrogen-bond donors (Lipinski definition) is 3. The van der Waals surface area contributed by atoms with Crippen molar-refractivity contribution in [2.45, 2.75) is 52.0 Å². The molecule has 0 heterocycles. The zero-order chi connectivity index (χ0) is 13.1. The molecule has 0 bridgehead atoms. The predicted octanol–water partition coefficient (Wildman–Crippen LogP) is 0.536. The Morgan fingerprint density at radius 2 is 1.82 bits per heavy atom. The molecule has 17 heavy (non-hydrogen) atoms. The van der Waals surface area contributed by atoms with E-state index in [1.165, 1.54) is 0 Å². The minimum absolute atomic E-state index is 0.107. The largest absolute Gasteiger partial charge is 0.347 e. The van der Waals surface area contributed by atoms with Gasteiger partial charge >= 0.3 is 11.8 Å². The summed E-state index contributed by atoms with van der Waals surface area (Å²) in [7, 11) is 0. The molecule has 0 aromatic carbocycles. The molecule has 100 valence electrons. The van der Waals surface area contributed by atoms with E-state index in [-0.39, 0.29) is 6.04 Å². The molecule has 0 aromatic heterocycles. The van der Waals surface area contributed by atoms with Crippen LogP contribution in [0.25, 0.3) is 0 Å². The van der Waals surface area contributed by atoms with Crippen molar-refractivity contribution in [1.82, 2.24) is 10.6 Å². The van der Waals surface area contributed by atoms with Gasteiger partial charge in [-0.25, -0.2) is 0 Å². The Labute approximate surface area is 104 Å². The summed E-state index contributed by atoms with van der Waals surface area (Å²) in [5.74, 6) is -1.14. The molecule has 0 saturated heterocycles. The van der Waals surface area contributed by atoms with Gasteiger partial charge in [0.15, 0.2) is 0 Å². The van der Waals surface area contributed by atoms with Crippen LogP contribution in [0.2, 0.25) is 0 Å². The van der Waals surface area contributed by atoms with Crippen LogP contribution in [-0.2, 0) is 9.59 Å². The third-order valence-corrected chi connectivity index (χ3v) is 2.51. The summed E-state index contributed by atoms with van der Waals surface area (Å²) in [5.41, 5.74) is 5.25. The minimum atomic E-state index is -0.590. The van der Waals surface area contributed by atoms with Crippen LogP contribution in [0, 0.1) is 0 Å². The lowest BCUT2D eigenvalue weighted by molar-refractivity contribution is -0.139. The number of carbonyl (C=O) groups is 2. The molecule has 0 aliphatic heterocycles. The maximum absolute atomic E-state index is 11.5. The second kappa shape index (κ2) is 10.1. The van der Waals surface area contributed by atoms with Gasteiger partial charge in [0.25, 0.3) is 0 Å². The van der Waals surface area contributed by atoms with Gasteiger partial charge in [-0.05, 0) is 12.8 Å². The Morgan fingerprint density at radius 1 is 1.12 bits per heavy atom. The van der Waals surface area contributed by atoms with Crippen LogP contribution >= 0.6 is 0 Å². The maximum atomic E-state index is 11.5. The Hall–Kier alpha value is -1.10. The molecule has 0 saturated carbocycles. The lowest BCUT2D eigenvalue weighted by atomic mass is 10.1. The van der Waals surface area contributed by atoms with Crippen molar-refractivity contribution in [2.75, 3.05) is 13.1 Å². The molecular weight excluding hydrogens is 218 g/mol. The summed E-state index contributed by atoms with van der Waals surface area (Å²) in [6.07, 6.45) is 5.00. The molecule has 5 heteroatoms. The molecule has 1 unspecified atom stereocenters. The molecule has 2 amide bonds. The van der Waals surface area contributed by atoms with Gasteiger partial charge in [0.05, 0.1) is 0 Å². The monoisotopic (exact) mass is 243 g/mol. The van der Waals surface area contributed by atoms with Crippen molar-refractivity contribution in [3.63, 3.8) is 0 Å². The first kappa shape index (κ1) is 15.9. The summed E-state index contributed by atoms with van der Waals surface area (Å²) in [5, 5.41) is 5.23. The SMILES string of the molecule is CCCCC(CCC)NC(=O)C(=O)NCCN. The number of rotatable bonds is 8. The number of hydrogen-bond acceptors (Lipinski definition) is 3. The van der Waals surface area contributed by atoms with E-state index in [1.54, 1.807) is 0 Å². The van der Waals surface area contributed by atoms with E-state index < -0.39 is 11.8 Å². The molecule has 0 radical (unpaired) electrons. The quantitative estimate of drug-likeness (QED) is 0.544. The molecule has 1 atom stereocenters. The number of amides is 2. The highest BCUT2D eigenvalue weighted by atomic mass is 16.2. The molecule has 0 fully saturated rings.